The Bertz CT molecular complexity index is 1000. The van der Waals surface area contributed by atoms with Gasteiger partial charge in [-0.3, -0.25) is 10.1 Å². The van der Waals surface area contributed by atoms with E-state index in [1.807, 2.05) is 4.90 Å². The van der Waals surface area contributed by atoms with E-state index in [-0.39, 0.29) is 32.7 Å². The van der Waals surface area contributed by atoms with Gasteiger partial charge in [0.2, 0.25) is 5.52 Å². The molecule has 0 atom stereocenters. The molecule has 27 heavy (non-hydrogen) atoms. The van der Waals surface area contributed by atoms with E-state index in [0.29, 0.717) is 37.7 Å². The van der Waals surface area contributed by atoms with Crippen molar-refractivity contribution in [3.05, 3.63) is 32.8 Å². The number of ether oxygens (including phenoxy) is 1. The minimum Gasteiger partial charge on any atom is -0.378 e. The molecule has 0 unspecified atom stereocenters. The summed E-state index contributed by atoms with van der Waals surface area (Å²) in [7, 11) is 0. The summed E-state index contributed by atoms with van der Waals surface area (Å²) in [5, 5.41) is 22.4. The molecule has 0 spiro atoms. The Balaban J connectivity index is 1.89. The number of nitro benzene ring substituents is 1. The first kappa shape index (κ1) is 17.6. The highest BCUT2D eigenvalue weighted by atomic mass is 35.5. The van der Waals surface area contributed by atoms with Crippen molar-refractivity contribution < 1.29 is 14.3 Å². The van der Waals surface area contributed by atoms with Crippen LogP contribution in [0.15, 0.2) is 17.0 Å². The molecule has 3 heterocycles. The van der Waals surface area contributed by atoms with Gasteiger partial charge in [-0.25, -0.2) is 14.6 Å². The maximum absolute atomic E-state index is 11.7. The van der Waals surface area contributed by atoms with Gasteiger partial charge < -0.3 is 15.0 Å². The molecule has 1 aliphatic rings. The van der Waals surface area contributed by atoms with E-state index in [4.69, 9.17) is 32.6 Å². The number of rotatable bonds is 4. The SMILES string of the molecule is O=[N+]([O-])c1c(N2CCOCC2)cc(Nc2c(Cl)ncnc2Cl)c2nonc12. The normalized spacial score (nSPS) is 14.5. The summed E-state index contributed by atoms with van der Waals surface area (Å²) < 4.78 is 10.1. The summed E-state index contributed by atoms with van der Waals surface area (Å²) >= 11 is 12.2. The van der Waals surface area contributed by atoms with Crippen molar-refractivity contribution >= 4 is 57.0 Å². The molecule has 3 aromatic rings. The minimum atomic E-state index is -0.507. The first-order valence-electron chi connectivity index (χ1n) is 7.75. The Morgan fingerprint density at radius 1 is 1.15 bits per heavy atom. The van der Waals surface area contributed by atoms with Crippen LogP contribution in [0.25, 0.3) is 11.0 Å². The summed E-state index contributed by atoms with van der Waals surface area (Å²) in [5.74, 6) is 0. The quantitative estimate of drug-likeness (QED) is 0.387. The van der Waals surface area contributed by atoms with Crippen LogP contribution >= 0.6 is 23.2 Å². The number of nitrogens with one attached hydrogen (secondary N) is 1. The van der Waals surface area contributed by atoms with Crippen LogP contribution in [0.3, 0.4) is 0 Å². The number of anilines is 3. The number of hydrogen-bond acceptors (Lipinski definition) is 10. The first-order chi connectivity index (χ1) is 13.1. The largest absolute Gasteiger partial charge is 0.378 e. The number of nitrogens with zero attached hydrogens (tertiary/aromatic N) is 6. The van der Waals surface area contributed by atoms with Gasteiger partial charge in [0, 0.05) is 13.1 Å². The molecule has 0 saturated carbocycles. The van der Waals surface area contributed by atoms with E-state index in [2.05, 4.69) is 25.6 Å². The van der Waals surface area contributed by atoms with E-state index in [1.165, 1.54) is 6.33 Å². The summed E-state index contributed by atoms with van der Waals surface area (Å²) in [6.07, 6.45) is 1.22. The van der Waals surface area contributed by atoms with Crippen LogP contribution in [0.5, 0.6) is 0 Å². The monoisotopic (exact) mass is 411 g/mol. The Morgan fingerprint density at radius 2 is 1.81 bits per heavy atom. The summed E-state index contributed by atoms with van der Waals surface area (Å²) in [6, 6.07) is 1.58. The van der Waals surface area contributed by atoms with Crippen molar-refractivity contribution in [2.75, 3.05) is 36.5 Å². The predicted octanol–water partition coefficient (Wildman–Crippen LogP) is 2.81. The lowest BCUT2D eigenvalue weighted by atomic mass is 10.1. The Kier molecular flexibility index (Phi) is 4.64. The third-order valence-corrected chi connectivity index (χ3v) is 4.61. The molecule has 4 rings (SSSR count). The Labute approximate surface area is 161 Å². The minimum absolute atomic E-state index is 0.00980. The molecule has 0 radical (unpaired) electrons. The van der Waals surface area contributed by atoms with Crippen LogP contribution in [-0.2, 0) is 4.74 Å². The molecule has 1 N–H and O–H groups in total. The van der Waals surface area contributed by atoms with Crippen molar-refractivity contribution in [1.29, 1.82) is 0 Å². The smallest absolute Gasteiger partial charge is 0.323 e. The van der Waals surface area contributed by atoms with Gasteiger partial charge in [-0.15, -0.1) is 0 Å². The molecule has 1 aliphatic heterocycles. The van der Waals surface area contributed by atoms with E-state index >= 15 is 0 Å². The third kappa shape index (κ3) is 3.20. The van der Waals surface area contributed by atoms with E-state index in [1.54, 1.807) is 6.07 Å². The predicted molar refractivity (Wildman–Crippen MR) is 96.8 cm³/mol. The number of morpholine rings is 1. The third-order valence-electron chi connectivity index (χ3n) is 4.04. The van der Waals surface area contributed by atoms with Crippen LogP contribution < -0.4 is 10.2 Å². The summed E-state index contributed by atoms with van der Waals surface area (Å²) in [5.41, 5.74) is 0.951. The zero-order valence-electron chi connectivity index (χ0n) is 13.6. The van der Waals surface area contributed by atoms with E-state index < -0.39 is 4.92 Å². The van der Waals surface area contributed by atoms with Crippen molar-refractivity contribution in [3.63, 3.8) is 0 Å². The average Bonchev–Trinajstić information content (AvgIpc) is 3.14. The lowest BCUT2D eigenvalue weighted by molar-refractivity contribution is -0.382. The summed E-state index contributed by atoms with van der Waals surface area (Å²) in [4.78, 5) is 20.8. The zero-order chi connectivity index (χ0) is 19.0. The fourth-order valence-electron chi connectivity index (χ4n) is 2.82. The van der Waals surface area contributed by atoms with Crippen LogP contribution in [0.1, 0.15) is 0 Å². The molecule has 2 aromatic heterocycles. The number of fused-ring (bicyclic) bond motifs is 1. The molecule has 0 amide bonds. The van der Waals surface area contributed by atoms with Gasteiger partial charge in [-0.1, -0.05) is 23.2 Å². The Morgan fingerprint density at radius 3 is 2.48 bits per heavy atom. The number of halogens is 2. The standard InChI is InChI=1S/C14H11Cl2N7O4/c15-13-11(14(16)18-6-17-13)19-7-5-8(22-1-3-26-4-2-22)12(23(24)25)10-9(7)20-27-21-10/h5-6,19H,1-4H2. The molecule has 1 fully saturated rings. The second kappa shape index (κ2) is 7.10. The molecule has 1 aromatic carbocycles. The molecule has 140 valence electrons. The van der Waals surface area contributed by atoms with Gasteiger partial charge in [0.15, 0.2) is 15.8 Å². The van der Waals surface area contributed by atoms with Gasteiger partial charge in [-0.05, 0) is 16.4 Å². The van der Waals surface area contributed by atoms with Gasteiger partial charge in [0.05, 0.1) is 23.8 Å². The molecule has 0 aliphatic carbocycles. The highest BCUT2D eigenvalue weighted by Crippen LogP contribution is 2.41. The molecule has 1 saturated heterocycles. The van der Waals surface area contributed by atoms with Crippen molar-refractivity contribution in [2.24, 2.45) is 0 Å². The first-order valence-corrected chi connectivity index (χ1v) is 8.51. The highest BCUT2D eigenvalue weighted by molar-refractivity contribution is 6.37. The fraction of sp³-hybridized carbons (Fsp3) is 0.286. The van der Waals surface area contributed by atoms with Gasteiger partial charge in [-0.2, -0.15) is 0 Å². The van der Waals surface area contributed by atoms with Gasteiger partial charge in [0.1, 0.15) is 17.7 Å². The summed E-state index contributed by atoms with van der Waals surface area (Å²) in [6.45, 7) is 1.90. The molecular formula is C14H11Cl2N7O4. The molecular weight excluding hydrogens is 401 g/mol. The van der Waals surface area contributed by atoms with Gasteiger partial charge >= 0.3 is 5.69 Å². The van der Waals surface area contributed by atoms with Crippen molar-refractivity contribution in [2.45, 2.75) is 0 Å². The van der Waals surface area contributed by atoms with E-state index in [9.17, 15) is 10.1 Å². The van der Waals surface area contributed by atoms with Crippen LogP contribution in [-0.4, -0.2) is 51.5 Å². The second-order valence-corrected chi connectivity index (χ2v) is 6.28. The van der Waals surface area contributed by atoms with Crippen molar-refractivity contribution in [1.82, 2.24) is 20.3 Å². The Hall–Kier alpha value is -2.76. The molecule has 13 heteroatoms. The van der Waals surface area contributed by atoms with Crippen LogP contribution in [0, 0.1) is 10.1 Å². The van der Waals surface area contributed by atoms with Crippen LogP contribution in [0.2, 0.25) is 10.3 Å². The lowest BCUT2D eigenvalue weighted by Crippen LogP contribution is -2.36. The molecule has 11 nitrogen and oxygen atoms in total. The number of aromatic nitrogens is 4. The zero-order valence-corrected chi connectivity index (χ0v) is 15.1. The highest BCUT2D eigenvalue weighted by Gasteiger charge is 2.30. The lowest BCUT2D eigenvalue weighted by Gasteiger charge is -2.28. The van der Waals surface area contributed by atoms with Crippen molar-refractivity contribution in [3.8, 4) is 0 Å². The molecule has 0 bridgehead atoms. The topological polar surface area (TPSA) is 132 Å². The second-order valence-electron chi connectivity index (χ2n) is 5.57. The number of hydrogen-bond donors (Lipinski definition) is 1. The maximum atomic E-state index is 11.7. The number of nitro groups is 1. The number of benzene rings is 1. The van der Waals surface area contributed by atoms with Gasteiger partial charge in [0.25, 0.3) is 0 Å². The van der Waals surface area contributed by atoms with E-state index in [0.717, 1.165) is 0 Å². The average molecular weight is 412 g/mol. The maximum Gasteiger partial charge on any atom is 0.323 e. The van der Waals surface area contributed by atoms with Crippen LogP contribution in [0.4, 0.5) is 22.7 Å². The fourth-order valence-corrected chi connectivity index (χ4v) is 3.23.